The summed E-state index contributed by atoms with van der Waals surface area (Å²) >= 11 is 1.64. The van der Waals surface area contributed by atoms with Gasteiger partial charge in [-0.2, -0.15) is 0 Å². The van der Waals surface area contributed by atoms with Gasteiger partial charge in [0.15, 0.2) is 6.39 Å². The average molecular weight is 195 g/mol. The fourth-order valence-electron chi connectivity index (χ4n) is 0.968. The van der Waals surface area contributed by atoms with Gasteiger partial charge in [-0.05, 0) is 0 Å². The van der Waals surface area contributed by atoms with Crippen LogP contribution in [0.2, 0.25) is 0 Å². The Balaban J connectivity index is 1.76. The molecule has 0 bridgehead atoms. The lowest BCUT2D eigenvalue weighted by molar-refractivity contribution is 0.479. The van der Waals surface area contributed by atoms with E-state index in [1.54, 1.807) is 17.5 Å². The van der Waals surface area contributed by atoms with Crippen LogP contribution in [0, 0.1) is 0 Å². The van der Waals surface area contributed by atoms with E-state index >= 15 is 0 Å². The maximum absolute atomic E-state index is 5.07. The van der Waals surface area contributed by atoms with E-state index in [4.69, 9.17) is 4.42 Å². The summed E-state index contributed by atoms with van der Waals surface area (Å²) in [5, 5.41) is 3.23. The van der Waals surface area contributed by atoms with Crippen LogP contribution in [0.3, 0.4) is 0 Å². The molecule has 5 heteroatoms. The molecule has 2 rings (SSSR count). The molecule has 0 fully saturated rings. The summed E-state index contributed by atoms with van der Waals surface area (Å²) in [5.74, 6) is 0.851. The van der Waals surface area contributed by atoms with Crippen molar-refractivity contribution in [1.82, 2.24) is 15.3 Å². The Labute approximate surface area is 79.6 Å². The Kier molecular flexibility index (Phi) is 2.68. The molecule has 13 heavy (non-hydrogen) atoms. The van der Waals surface area contributed by atoms with Crippen LogP contribution in [0.15, 0.2) is 28.7 Å². The van der Waals surface area contributed by atoms with Crippen LogP contribution in [-0.4, -0.2) is 9.97 Å². The predicted molar refractivity (Wildman–Crippen MR) is 49.2 cm³/mol. The topological polar surface area (TPSA) is 51.0 Å². The molecule has 2 heterocycles. The summed E-state index contributed by atoms with van der Waals surface area (Å²) in [7, 11) is 0. The third-order valence-electron chi connectivity index (χ3n) is 1.57. The largest absolute Gasteiger partial charge is 0.447 e. The molecule has 2 aromatic rings. The van der Waals surface area contributed by atoms with E-state index in [0.717, 1.165) is 12.3 Å². The molecule has 0 amide bonds. The molecular weight excluding hydrogens is 186 g/mol. The molecule has 0 atom stereocenters. The molecule has 0 aromatic carbocycles. The van der Waals surface area contributed by atoms with E-state index in [9.17, 15) is 0 Å². The Morgan fingerprint density at radius 2 is 2.31 bits per heavy atom. The fourth-order valence-corrected chi connectivity index (χ4v) is 1.53. The second kappa shape index (κ2) is 4.15. The molecule has 1 N–H and O–H groups in total. The number of oxazole rings is 1. The van der Waals surface area contributed by atoms with Crippen LogP contribution in [-0.2, 0) is 13.1 Å². The Morgan fingerprint density at radius 1 is 1.31 bits per heavy atom. The van der Waals surface area contributed by atoms with Gasteiger partial charge in [0.25, 0.3) is 0 Å². The summed E-state index contributed by atoms with van der Waals surface area (Å²) in [4.78, 5) is 9.02. The van der Waals surface area contributed by atoms with Crippen LogP contribution in [0.1, 0.15) is 10.6 Å². The molecule has 0 aliphatic rings. The molecule has 2 aromatic heterocycles. The van der Waals surface area contributed by atoms with Crippen molar-refractivity contribution >= 4 is 11.3 Å². The molecule has 0 aliphatic heterocycles. The molecule has 68 valence electrons. The quantitative estimate of drug-likeness (QED) is 0.801. The van der Waals surface area contributed by atoms with Crippen molar-refractivity contribution in [3.63, 3.8) is 0 Å². The summed E-state index contributed by atoms with van der Waals surface area (Å²) in [6.45, 7) is 1.53. The normalized spacial score (nSPS) is 10.5. The second-order valence-electron chi connectivity index (χ2n) is 2.54. The Hall–Kier alpha value is -1.20. The second-order valence-corrected chi connectivity index (χ2v) is 3.51. The van der Waals surface area contributed by atoms with Gasteiger partial charge in [0.05, 0.1) is 18.3 Å². The van der Waals surface area contributed by atoms with Crippen LogP contribution < -0.4 is 5.32 Å². The molecule has 0 saturated carbocycles. The van der Waals surface area contributed by atoms with E-state index < -0.39 is 0 Å². The van der Waals surface area contributed by atoms with Gasteiger partial charge in [-0.3, -0.25) is 4.98 Å². The number of hydrogen-bond donors (Lipinski definition) is 1. The minimum atomic E-state index is 0.706. The lowest BCUT2D eigenvalue weighted by Crippen LogP contribution is -2.10. The van der Waals surface area contributed by atoms with Crippen molar-refractivity contribution in [3.8, 4) is 0 Å². The first-order valence-electron chi connectivity index (χ1n) is 3.90. The highest BCUT2D eigenvalue weighted by atomic mass is 32.1. The zero-order valence-electron chi connectivity index (χ0n) is 6.93. The highest BCUT2D eigenvalue weighted by Gasteiger charge is 1.96. The van der Waals surface area contributed by atoms with Crippen molar-refractivity contribution in [2.45, 2.75) is 13.1 Å². The monoisotopic (exact) mass is 195 g/mol. The van der Waals surface area contributed by atoms with Gasteiger partial charge in [-0.15, -0.1) is 11.3 Å². The zero-order valence-corrected chi connectivity index (χ0v) is 7.75. The van der Waals surface area contributed by atoms with Crippen LogP contribution in [0.5, 0.6) is 0 Å². The van der Waals surface area contributed by atoms with E-state index in [1.807, 2.05) is 11.7 Å². The number of hydrogen-bond acceptors (Lipinski definition) is 5. The Morgan fingerprint density at radius 3 is 3.00 bits per heavy atom. The summed E-state index contributed by atoms with van der Waals surface area (Å²) in [6, 6.07) is 0. The molecule has 0 unspecified atom stereocenters. The SMILES string of the molecule is c1ncc(CNCc2cncs2)o1. The van der Waals surface area contributed by atoms with Gasteiger partial charge in [-0.1, -0.05) is 0 Å². The third-order valence-corrected chi connectivity index (χ3v) is 2.35. The first-order chi connectivity index (χ1) is 6.45. The number of nitrogens with one attached hydrogen (secondary N) is 1. The van der Waals surface area contributed by atoms with Gasteiger partial charge < -0.3 is 9.73 Å². The van der Waals surface area contributed by atoms with Crippen molar-refractivity contribution in [2.75, 3.05) is 0 Å². The predicted octanol–water partition coefficient (Wildman–Crippen LogP) is 1.42. The van der Waals surface area contributed by atoms with E-state index in [2.05, 4.69) is 15.3 Å². The van der Waals surface area contributed by atoms with Gasteiger partial charge in [-0.25, -0.2) is 4.98 Å². The van der Waals surface area contributed by atoms with Crippen LogP contribution in [0.25, 0.3) is 0 Å². The minimum absolute atomic E-state index is 0.706. The minimum Gasteiger partial charge on any atom is -0.447 e. The lowest BCUT2D eigenvalue weighted by atomic mass is 10.4. The average Bonchev–Trinajstić information content (AvgIpc) is 2.75. The number of nitrogens with zero attached hydrogens (tertiary/aromatic N) is 2. The highest BCUT2D eigenvalue weighted by molar-refractivity contribution is 7.09. The van der Waals surface area contributed by atoms with Crippen molar-refractivity contribution in [3.05, 3.63) is 34.9 Å². The standard InChI is InChI=1S/C8H9N3OS/c1(7-2-10-5-12-7)9-3-8-4-11-6-13-8/h2,4-6,9H,1,3H2. The zero-order chi connectivity index (χ0) is 8.93. The smallest absolute Gasteiger partial charge is 0.180 e. The molecule has 0 spiro atoms. The lowest BCUT2D eigenvalue weighted by Gasteiger charge is -1.97. The van der Waals surface area contributed by atoms with E-state index in [1.165, 1.54) is 11.3 Å². The first kappa shape index (κ1) is 8.40. The van der Waals surface area contributed by atoms with Crippen molar-refractivity contribution in [1.29, 1.82) is 0 Å². The van der Waals surface area contributed by atoms with E-state index in [0.29, 0.717) is 6.54 Å². The third kappa shape index (κ3) is 2.37. The molecule has 0 aliphatic carbocycles. The van der Waals surface area contributed by atoms with Gasteiger partial charge in [0, 0.05) is 17.6 Å². The maximum Gasteiger partial charge on any atom is 0.180 e. The number of thiazole rings is 1. The fraction of sp³-hybridized carbons (Fsp3) is 0.250. The summed E-state index contributed by atoms with van der Waals surface area (Å²) in [5.41, 5.74) is 1.82. The highest BCUT2D eigenvalue weighted by Crippen LogP contribution is 2.04. The van der Waals surface area contributed by atoms with Crippen LogP contribution in [0.4, 0.5) is 0 Å². The molecule has 0 radical (unpaired) electrons. The Bertz CT molecular complexity index is 296. The van der Waals surface area contributed by atoms with Gasteiger partial charge >= 0.3 is 0 Å². The molecule has 0 saturated heterocycles. The molecular formula is C8H9N3OS. The summed E-state index contributed by atoms with van der Waals surface area (Å²) < 4.78 is 5.07. The summed E-state index contributed by atoms with van der Waals surface area (Å²) in [6.07, 6.45) is 5.00. The maximum atomic E-state index is 5.07. The van der Waals surface area contributed by atoms with Crippen molar-refractivity contribution in [2.24, 2.45) is 0 Å². The first-order valence-corrected chi connectivity index (χ1v) is 4.78. The van der Waals surface area contributed by atoms with Gasteiger partial charge in [0.2, 0.25) is 0 Å². The van der Waals surface area contributed by atoms with Crippen LogP contribution >= 0.6 is 11.3 Å². The van der Waals surface area contributed by atoms with Gasteiger partial charge in [0.1, 0.15) is 5.76 Å². The molecule has 4 nitrogen and oxygen atoms in total. The number of aromatic nitrogens is 2. The van der Waals surface area contributed by atoms with E-state index in [-0.39, 0.29) is 0 Å². The number of rotatable bonds is 4. The van der Waals surface area contributed by atoms with Crippen molar-refractivity contribution < 1.29 is 4.42 Å².